The SMILES string of the molecule is Cc1cccc2cc(CN3CCN(C(=O)c4cccc(C#N)c4)CC3)c(=O)[nH]c12. The highest BCUT2D eigenvalue weighted by Crippen LogP contribution is 2.17. The molecule has 146 valence electrons. The van der Waals surface area contributed by atoms with Crippen LogP contribution in [0.4, 0.5) is 0 Å². The van der Waals surface area contributed by atoms with Crippen molar-refractivity contribution in [3.63, 3.8) is 0 Å². The molecule has 1 aliphatic heterocycles. The molecule has 0 spiro atoms. The van der Waals surface area contributed by atoms with Gasteiger partial charge in [-0.3, -0.25) is 14.5 Å². The van der Waals surface area contributed by atoms with Crippen molar-refractivity contribution in [1.29, 1.82) is 5.26 Å². The zero-order valence-electron chi connectivity index (χ0n) is 16.3. The monoisotopic (exact) mass is 386 g/mol. The largest absolute Gasteiger partial charge is 0.336 e. The molecule has 1 aromatic heterocycles. The first-order valence-electron chi connectivity index (χ1n) is 9.68. The van der Waals surface area contributed by atoms with E-state index >= 15 is 0 Å². The molecule has 0 bridgehead atoms. The lowest BCUT2D eigenvalue weighted by Gasteiger charge is -2.34. The number of carbonyl (C=O) groups excluding carboxylic acids is 1. The Morgan fingerprint density at radius 3 is 2.62 bits per heavy atom. The first kappa shape index (κ1) is 18.9. The van der Waals surface area contributed by atoms with Gasteiger partial charge < -0.3 is 9.88 Å². The molecular weight excluding hydrogens is 364 g/mol. The Bertz CT molecular complexity index is 1170. The summed E-state index contributed by atoms with van der Waals surface area (Å²) in [4.78, 5) is 32.2. The number of hydrogen-bond donors (Lipinski definition) is 1. The second-order valence-corrected chi connectivity index (χ2v) is 7.42. The van der Waals surface area contributed by atoms with Crippen LogP contribution in [0.2, 0.25) is 0 Å². The summed E-state index contributed by atoms with van der Waals surface area (Å²) in [5.74, 6) is -0.0548. The maximum Gasteiger partial charge on any atom is 0.253 e. The van der Waals surface area contributed by atoms with Crippen LogP contribution < -0.4 is 5.56 Å². The van der Waals surface area contributed by atoms with Crippen LogP contribution in [0.15, 0.2) is 53.3 Å². The number of hydrogen-bond acceptors (Lipinski definition) is 4. The van der Waals surface area contributed by atoms with Gasteiger partial charge in [0.25, 0.3) is 11.5 Å². The number of carbonyl (C=O) groups is 1. The fourth-order valence-corrected chi connectivity index (χ4v) is 3.80. The van der Waals surface area contributed by atoms with E-state index in [4.69, 9.17) is 5.26 Å². The van der Waals surface area contributed by atoms with Crippen molar-refractivity contribution in [3.8, 4) is 6.07 Å². The van der Waals surface area contributed by atoms with Gasteiger partial charge >= 0.3 is 0 Å². The summed E-state index contributed by atoms with van der Waals surface area (Å²) in [6.07, 6.45) is 0. The molecule has 1 fully saturated rings. The molecule has 0 aliphatic carbocycles. The standard InChI is InChI=1S/C23H22N4O2/c1-16-4-2-6-18-13-20(22(28)25-21(16)18)15-26-8-10-27(11-9-26)23(29)19-7-3-5-17(12-19)14-24/h2-7,12-13H,8-11,15H2,1H3,(H,25,28). The smallest absolute Gasteiger partial charge is 0.253 e. The third-order valence-corrected chi connectivity index (χ3v) is 5.46. The van der Waals surface area contributed by atoms with E-state index in [1.54, 1.807) is 29.2 Å². The Kier molecular flexibility index (Phi) is 5.15. The summed E-state index contributed by atoms with van der Waals surface area (Å²) in [5.41, 5.74) is 3.65. The van der Waals surface area contributed by atoms with Gasteiger partial charge in [0.05, 0.1) is 17.1 Å². The number of aryl methyl sites for hydroxylation is 1. The predicted octanol–water partition coefficient (Wildman–Crippen LogP) is 2.67. The van der Waals surface area contributed by atoms with Crippen molar-refractivity contribution < 1.29 is 4.79 Å². The normalized spacial score (nSPS) is 14.7. The molecule has 6 nitrogen and oxygen atoms in total. The number of rotatable bonds is 3. The van der Waals surface area contributed by atoms with Crippen molar-refractivity contribution in [3.05, 3.63) is 81.1 Å². The van der Waals surface area contributed by atoms with E-state index in [1.807, 2.05) is 31.2 Å². The van der Waals surface area contributed by atoms with Crippen LogP contribution in [-0.4, -0.2) is 46.9 Å². The zero-order chi connectivity index (χ0) is 20.4. The zero-order valence-corrected chi connectivity index (χ0v) is 16.3. The molecule has 2 aromatic carbocycles. The summed E-state index contributed by atoms with van der Waals surface area (Å²) < 4.78 is 0. The highest BCUT2D eigenvalue weighted by molar-refractivity contribution is 5.94. The molecule has 0 radical (unpaired) electrons. The minimum absolute atomic E-state index is 0.0548. The Balaban J connectivity index is 1.43. The summed E-state index contributed by atoms with van der Waals surface area (Å²) in [5, 5.41) is 10.1. The maximum absolute atomic E-state index is 12.7. The number of nitriles is 1. The minimum Gasteiger partial charge on any atom is -0.336 e. The van der Waals surface area contributed by atoms with Crippen LogP contribution in [0, 0.1) is 18.3 Å². The van der Waals surface area contributed by atoms with Crippen molar-refractivity contribution >= 4 is 16.8 Å². The Morgan fingerprint density at radius 1 is 1.10 bits per heavy atom. The summed E-state index contributed by atoms with van der Waals surface area (Å²) in [6, 6.07) is 16.8. The van der Waals surface area contributed by atoms with Gasteiger partial charge in [-0.2, -0.15) is 5.26 Å². The lowest BCUT2D eigenvalue weighted by molar-refractivity contribution is 0.0628. The fraction of sp³-hybridized carbons (Fsp3) is 0.261. The highest BCUT2D eigenvalue weighted by atomic mass is 16.2. The molecule has 0 atom stereocenters. The number of para-hydroxylation sites is 1. The first-order valence-corrected chi connectivity index (χ1v) is 9.68. The van der Waals surface area contributed by atoms with Gasteiger partial charge in [0.15, 0.2) is 0 Å². The molecular formula is C23H22N4O2. The van der Waals surface area contributed by atoms with Crippen LogP contribution >= 0.6 is 0 Å². The number of aromatic amines is 1. The lowest BCUT2D eigenvalue weighted by Crippen LogP contribution is -2.48. The van der Waals surface area contributed by atoms with E-state index < -0.39 is 0 Å². The number of fused-ring (bicyclic) bond motifs is 1. The average molecular weight is 386 g/mol. The number of benzene rings is 2. The van der Waals surface area contributed by atoms with Gasteiger partial charge in [0, 0.05) is 43.9 Å². The molecule has 0 unspecified atom stereocenters. The number of piperazine rings is 1. The van der Waals surface area contributed by atoms with Crippen LogP contribution in [0.25, 0.3) is 10.9 Å². The van der Waals surface area contributed by atoms with Crippen molar-refractivity contribution in [2.45, 2.75) is 13.5 Å². The van der Waals surface area contributed by atoms with Crippen LogP contribution in [0.3, 0.4) is 0 Å². The average Bonchev–Trinajstić information content (AvgIpc) is 2.75. The second-order valence-electron chi connectivity index (χ2n) is 7.42. The van der Waals surface area contributed by atoms with Crippen molar-refractivity contribution in [2.24, 2.45) is 0 Å². The van der Waals surface area contributed by atoms with E-state index in [9.17, 15) is 9.59 Å². The fourth-order valence-electron chi connectivity index (χ4n) is 3.80. The molecule has 2 heterocycles. The Labute approximate surface area is 169 Å². The van der Waals surface area contributed by atoms with Gasteiger partial charge in [0.1, 0.15) is 0 Å². The third kappa shape index (κ3) is 3.91. The van der Waals surface area contributed by atoms with E-state index in [-0.39, 0.29) is 11.5 Å². The molecule has 0 saturated carbocycles. The maximum atomic E-state index is 12.7. The molecule has 6 heteroatoms. The van der Waals surface area contributed by atoms with Crippen molar-refractivity contribution in [1.82, 2.24) is 14.8 Å². The van der Waals surface area contributed by atoms with E-state index in [0.29, 0.717) is 43.9 Å². The molecule has 4 rings (SSSR count). The molecule has 1 N–H and O–H groups in total. The van der Waals surface area contributed by atoms with Gasteiger partial charge in [-0.25, -0.2) is 0 Å². The predicted molar refractivity (Wildman–Crippen MR) is 112 cm³/mol. The molecule has 1 amide bonds. The summed E-state index contributed by atoms with van der Waals surface area (Å²) in [6.45, 7) is 5.15. The van der Waals surface area contributed by atoms with E-state index in [2.05, 4.69) is 16.0 Å². The number of aromatic nitrogens is 1. The molecule has 29 heavy (non-hydrogen) atoms. The molecule has 3 aromatic rings. The summed E-state index contributed by atoms with van der Waals surface area (Å²) >= 11 is 0. The number of nitrogens with zero attached hydrogens (tertiary/aromatic N) is 3. The second kappa shape index (κ2) is 7.90. The first-order chi connectivity index (χ1) is 14.0. The quantitative estimate of drug-likeness (QED) is 0.750. The molecule has 1 aliphatic rings. The Hall–Kier alpha value is -3.43. The topological polar surface area (TPSA) is 80.2 Å². The van der Waals surface area contributed by atoms with Gasteiger partial charge in [-0.15, -0.1) is 0 Å². The lowest BCUT2D eigenvalue weighted by atomic mass is 10.1. The van der Waals surface area contributed by atoms with Crippen molar-refractivity contribution in [2.75, 3.05) is 26.2 Å². The Morgan fingerprint density at radius 2 is 1.86 bits per heavy atom. The number of nitrogens with one attached hydrogen (secondary N) is 1. The van der Waals surface area contributed by atoms with Gasteiger partial charge in [0.2, 0.25) is 0 Å². The number of amides is 1. The van der Waals surface area contributed by atoms with E-state index in [0.717, 1.165) is 22.0 Å². The van der Waals surface area contributed by atoms with E-state index in [1.165, 1.54) is 0 Å². The highest BCUT2D eigenvalue weighted by Gasteiger charge is 2.23. The minimum atomic E-state index is -0.0568. The third-order valence-electron chi connectivity index (χ3n) is 5.46. The van der Waals surface area contributed by atoms with Crippen LogP contribution in [0.1, 0.15) is 27.0 Å². The van der Waals surface area contributed by atoms with Crippen LogP contribution in [-0.2, 0) is 6.54 Å². The summed E-state index contributed by atoms with van der Waals surface area (Å²) in [7, 11) is 0. The van der Waals surface area contributed by atoms with Gasteiger partial charge in [-0.1, -0.05) is 24.3 Å². The molecule has 1 saturated heterocycles. The number of pyridine rings is 1. The van der Waals surface area contributed by atoms with Gasteiger partial charge in [-0.05, 0) is 42.1 Å². The number of H-pyrrole nitrogens is 1. The van der Waals surface area contributed by atoms with Crippen LogP contribution in [0.5, 0.6) is 0 Å².